The van der Waals surface area contributed by atoms with Crippen LogP contribution in [-0.4, -0.2) is 54.8 Å². The van der Waals surface area contributed by atoms with Gasteiger partial charge in [0.2, 0.25) is 10.0 Å². The number of rotatable bonds is 10. The topological polar surface area (TPSA) is 107 Å². The van der Waals surface area contributed by atoms with Crippen LogP contribution in [0.3, 0.4) is 0 Å². The average molecular weight is 484 g/mol. The summed E-state index contributed by atoms with van der Waals surface area (Å²) in [5.74, 6) is 1.72. The predicted molar refractivity (Wildman–Crippen MR) is 132 cm³/mol. The van der Waals surface area contributed by atoms with Crippen LogP contribution in [0.4, 0.5) is 0 Å². The fraction of sp³-hybridized carbons (Fsp3) is 0.846. The number of hydrogen-bond donors (Lipinski definition) is 4. The Kier molecular flexibility index (Phi) is 9.61. The monoisotopic (exact) mass is 483 g/mol. The average Bonchev–Trinajstić information content (AvgIpc) is 3.08. The van der Waals surface area contributed by atoms with Crippen LogP contribution < -0.4 is 4.72 Å². The lowest BCUT2D eigenvalue weighted by molar-refractivity contribution is 0.0609. The molecular weight excluding hydrogens is 438 g/mol. The number of fused-ring (bicyclic) bond motifs is 1. The third-order valence-corrected chi connectivity index (χ3v) is 9.93. The van der Waals surface area contributed by atoms with Crippen LogP contribution in [-0.2, 0) is 10.0 Å². The van der Waals surface area contributed by atoms with E-state index in [-0.39, 0.29) is 12.4 Å². The maximum atomic E-state index is 11.6. The number of allylic oxidation sites excluding steroid dienone is 3. The van der Waals surface area contributed by atoms with Gasteiger partial charge in [-0.15, -0.1) is 0 Å². The van der Waals surface area contributed by atoms with E-state index in [0.717, 1.165) is 25.7 Å². The summed E-state index contributed by atoms with van der Waals surface area (Å²) in [6.45, 7) is 4.97. The highest BCUT2D eigenvalue weighted by molar-refractivity contribution is 7.89. The van der Waals surface area contributed by atoms with Crippen molar-refractivity contribution in [2.75, 3.05) is 18.9 Å². The van der Waals surface area contributed by atoms with Crippen LogP contribution in [0.25, 0.3) is 0 Å². The summed E-state index contributed by atoms with van der Waals surface area (Å²) >= 11 is 0. The van der Waals surface area contributed by atoms with E-state index in [0.29, 0.717) is 49.0 Å². The summed E-state index contributed by atoms with van der Waals surface area (Å²) in [6, 6.07) is 0. The Bertz CT molecular complexity index is 795. The molecule has 0 spiro atoms. The van der Waals surface area contributed by atoms with Crippen molar-refractivity contribution < 1.29 is 23.7 Å². The molecule has 6 atom stereocenters. The Morgan fingerprint density at radius 1 is 1.15 bits per heavy atom. The lowest BCUT2D eigenvalue weighted by atomic mass is 9.60. The van der Waals surface area contributed by atoms with Crippen LogP contribution in [0.15, 0.2) is 23.3 Å². The molecule has 3 saturated carbocycles. The molecule has 0 aromatic rings. The van der Waals surface area contributed by atoms with Crippen molar-refractivity contribution >= 4 is 10.0 Å². The summed E-state index contributed by atoms with van der Waals surface area (Å²) < 4.78 is 25.9. The van der Waals surface area contributed by atoms with Crippen LogP contribution >= 0.6 is 0 Å². The zero-order chi connectivity index (χ0) is 24.1. The zero-order valence-corrected chi connectivity index (χ0v) is 21.3. The summed E-state index contributed by atoms with van der Waals surface area (Å²) in [7, 11) is -3.34. The van der Waals surface area contributed by atoms with Gasteiger partial charge in [-0.3, -0.25) is 0 Å². The van der Waals surface area contributed by atoms with Crippen molar-refractivity contribution in [2.45, 2.75) is 96.7 Å². The molecule has 3 rings (SSSR count). The lowest BCUT2D eigenvalue weighted by Gasteiger charge is -2.44. The van der Waals surface area contributed by atoms with E-state index in [1.165, 1.54) is 31.3 Å². The molecule has 0 saturated heterocycles. The first-order chi connectivity index (χ1) is 15.6. The van der Waals surface area contributed by atoms with E-state index in [4.69, 9.17) is 5.11 Å². The van der Waals surface area contributed by atoms with E-state index >= 15 is 0 Å². The molecular formula is C26H45NO5S. The molecule has 190 valence electrons. The van der Waals surface area contributed by atoms with E-state index < -0.39 is 22.2 Å². The second kappa shape index (κ2) is 11.8. The molecule has 0 heterocycles. The molecule has 7 heteroatoms. The van der Waals surface area contributed by atoms with Crippen LogP contribution in [0, 0.1) is 23.2 Å². The SMILES string of the molecule is C[C@H](CCCCNS(=O)(=O)CCO)[C@H]1CC[C@H]2/C(=C/C=C3C[C@@H](O)C[C@H](O)C3)CCC[C@]12C. The fourth-order valence-corrected chi connectivity index (χ4v) is 7.80. The Balaban J connectivity index is 1.54. The van der Waals surface area contributed by atoms with Gasteiger partial charge in [-0.2, -0.15) is 0 Å². The standard InChI is InChI=1S/C26H45NO5S/c1-19(6-3-4-13-27-33(31,32)15-14-28)24-10-11-25-21(7-5-12-26(24,25)2)9-8-20-16-22(29)18-23(30)17-20/h8-9,19,22-25,27-30H,3-7,10-18H2,1-2H3/b21-9+/t19-,22-,23-,24-,25+,26-/m1/s1. The second-order valence-corrected chi connectivity index (χ2v) is 13.0. The number of aliphatic hydroxyl groups is 3. The first-order valence-corrected chi connectivity index (χ1v) is 14.6. The molecule has 0 aliphatic heterocycles. The molecule has 0 unspecified atom stereocenters. The van der Waals surface area contributed by atoms with Crippen molar-refractivity contribution in [2.24, 2.45) is 23.2 Å². The highest BCUT2D eigenvalue weighted by Crippen LogP contribution is 2.59. The fourth-order valence-electron chi connectivity index (χ4n) is 6.96. The van der Waals surface area contributed by atoms with Crippen LogP contribution in [0.5, 0.6) is 0 Å². The van der Waals surface area contributed by atoms with Gasteiger partial charge in [-0.05, 0) is 81.0 Å². The molecule has 33 heavy (non-hydrogen) atoms. The zero-order valence-electron chi connectivity index (χ0n) is 20.5. The van der Waals surface area contributed by atoms with Crippen molar-refractivity contribution in [3.63, 3.8) is 0 Å². The third kappa shape index (κ3) is 7.14. The highest BCUT2D eigenvalue weighted by atomic mass is 32.2. The number of nitrogens with one attached hydrogen (secondary N) is 1. The molecule has 3 aliphatic rings. The minimum Gasteiger partial charge on any atom is -0.395 e. The molecule has 0 amide bonds. The molecule has 0 aromatic heterocycles. The second-order valence-electron chi connectivity index (χ2n) is 11.0. The molecule has 0 radical (unpaired) electrons. The van der Waals surface area contributed by atoms with Gasteiger partial charge in [0.1, 0.15) is 0 Å². The first-order valence-electron chi connectivity index (χ1n) is 13.0. The third-order valence-electron chi connectivity index (χ3n) is 8.57. The van der Waals surface area contributed by atoms with Crippen LogP contribution in [0.2, 0.25) is 0 Å². The molecule has 0 bridgehead atoms. The first kappa shape index (κ1) is 26.9. The summed E-state index contributed by atoms with van der Waals surface area (Å²) in [6.07, 6.45) is 14.6. The summed E-state index contributed by atoms with van der Waals surface area (Å²) in [4.78, 5) is 0. The van der Waals surface area contributed by atoms with Crippen molar-refractivity contribution in [1.82, 2.24) is 4.72 Å². The number of unbranched alkanes of at least 4 members (excludes halogenated alkanes) is 1. The maximum absolute atomic E-state index is 11.6. The number of aliphatic hydroxyl groups excluding tert-OH is 3. The lowest BCUT2D eigenvalue weighted by Crippen LogP contribution is -2.36. The Morgan fingerprint density at radius 2 is 1.88 bits per heavy atom. The Morgan fingerprint density at radius 3 is 2.58 bits per heavy atom. The van der Waals surface area contributed by atoms with Gasteiger partial charge in [0.15, 0.2) is 0 Å². The summed E-state index contributed by atoms with van der Waals surface area (Å²) in [5.41, 5.74) is 3.05. The van der Waals surface area contributed by atoms with Gasteiger partial charge in [0.25, 0.3) is 0 Å². The van der Waals surface area contributed by atoms with E-state index in [1.807, 2.05) is 0 Å². The largest absolute Gasteiger partial charge is 0.395 e. The number of sulfonamides is 1. The van der Waals surface area contributed by atoms with Gasteiger partial charge in [-0.1, -0.05) is 50.0 Å². The highest BCUT2D eigenvalue weighted by Gasteiger charge is 2.50. The number of hydrogen-bond acceptors (Lipinski definition) is 5. The normalized spacial score (nSPS) is 34.9. The summed E-state index contributed by atoms with van der Waals surface area (Å²) in [5, 5.41) is 28.8. The quantitative estimate of drug-likeness (QED) is 0.355. The van der Waals surface area contributed by atoms with Gasteiger partial charge in [-0.25, -0.2) is 13.1 Å². The molecule has 3 fully saturated rings. The van der Waals surface area contributed by atoms with Gasteiger partial charge in [0, 0.05) is 6.54 Å². The molecule has 0 aromatic carbocycles. The molecule has 4 N–H and O–H groups in total. The van der Waals surface area contributed by atoms with Gasteiger partial charge in [0.05, 0.1) is 24.6 Å². The van der Waals surface area contributed by atoms with Crippen molar-refractivity contribution in [3.05, 3.63) is 23.3 Å². The van der Waals surface area contributed by atoms with E-state index in [2.05, 4.69) is 30.7 Å². The van der Waals surface area contributed by atoms with E-state index in [1.54, 1.807) is 5.57 Å². The van der Waals surface area contributed by atoms with Crippen molar-refractivity contribution in [3.8, 4) is 0 Å². The Hall–Kier alpha value is -0.730. The van der Waals surface area contributed by atoms with Gasteiger partial charge < -0.3 is 15.3 Å². The minimum atomic E-state index is -3.34. The Labute approximate surface area is 200 Å². The predicted octanol–water partition coefficient (Wildman–Crippen LogP) is 3.68. The van der Waals surface area contributed by atoms with Crippen molar-refractivity contribution in [1.29, 1.82) is 0 Å². The molecule has 6 nitrogen and oxygen atoms in total. The smallest absolute Gasteiger partial charge is 0.213 e. The van der Waals surface area contributed by atoms with E-state index in [9.17, 15) is 18.6 Å². The molecule has 3 aliphatic carbocycles. The van der Waals surface area contributed by atoms with Gasteiger partial charge >= 0.3 is 0 Å². The maximum Gasteiger partial charge on any atom is 0.213 e. The minimum absolute atomic E-state index is 0.223. The van der Waals surface area contributed by atoms with Crippen LogP contribution in [0.1, 0.15) is 84.5 Å².